The Morgan fingerprint density at radius 2 is 1.90 bits per heavy atom. The monoisotopic (exact) mass is 167 g/mol. The van der Waals surface area contributed by atoms with Crippen LogP contribution in [0.3, 0.4) is 0 Å². The van der Waals surface area contributed by atoms with Crippen LogP contribution in [0.25, 0.3) is 0 Å². The molecule has 0 aliphatic heterocycles. The van der Waals surface area contributed by atoms with Crippen LogP contribution in [0.1, 0.15) is 20.8 Å². The summed E-state index contributed by atoms with van der Waals surface area (Å²) in [6.45, 7) is 5.09. The molecule has 0 aromatic heterocycles. The van der Waals surface area contributed by atoms with Crippen LogP contribution in [0.5, 0.6) is 0 Å². The van der Waals surface area contributed by atoms with Crippen LogP contribution in [0.15, 0.2) is 0 Å². The van der Waals surface area contributed by atoms with Gasteiger partial charge in [-0.25, -0.2) is 0 Å². The summed E-state index contributed by atoms with van der Waals surface area (Å²) in [6.07, 6.45) is 0. The molecule has 0 saturated carbocycles. The molecule has 0 heterocycles. The topological polar surface area (TPSA) is 63.3 Å². The molecule has 0 radical (unpaired) electrons. The first-order valence-corrected chi connectivity index (χ1v) is 2.91. The van der Waals surface area contributed by atoms with Gasteiger partial charge in [0.15, 0.2) is 0 Å². The maximum absolute atomic E-state index is 10.3. The van der Waals surface area contributed by atoms with Gasteiger partial charge < -0.3 is 10.8 Å². The van der Waals surface area contributed by atoms with Crippen LogP contribution >= 0.6 is 12.4 Å². The molecular weight excluding hydrogens is 154 g/mol. The second-order valence-electron chi connectivity index (χ2n) is 2.74. The average molecular weight is 168 g/mol. The molecule has 3 N–H and O–H groups in total. The Balaban J connectivity index is 0. The first-order valence-electron chi connectivity index (χ1n) is 2.91. The number of rotatable bonds is 2. The lowest BCUT2D eigenvalue weighted by molar-refractivity contribution is -0.144. The average Bonchev–Trinajstić information content (AvgIpc) is 1.65. The molecule has 0 spiro atoms. The predicted molar refractivity (Wildman–Crippen MR) is 42.3 cm³/mol. The van der Waals surface area contributed by atoms with Gasteiger partial charge in [-0.1, -0.05) is 13.8 Å². The number of halogens is 1. The van der Waals surface area contributed by atoms with Crippen molar-refractivity contribution in [1.82, 2.24) is 0 Å². The second-order valence-corrected chi connectivity index (χ2v) is 2.74. The normalized spacial score (nSPS) is 15.7. The van der Waals surface area contributed by atoms with Crippen LogP contribution in [0, 0.1) is 5.92 Å². The molecule has 0 saturated heterocycles. The van der Waals surface area contributed by atoms with E-state index in [4.69, 9.17) is 10.8 Å². The summed E-state index contributed by atoms with van der Waals surface area (Å²) in [5.74, 6) is -0.979. The molecule has 10 heavy (non-hydrogen) atoms. The molecule has 0 bridgehead atoms. The molecule has 62 valence electrons. The van der Waals surface area contributed by atoms with Crippen LogP contribution in [0.2, 0.25) is 0 Å². The summed E-state index contributed by atoms with van der Waals surface area (Å²) < 4.78 is 0. The van der Waals surface area contributed by atoms with Crippen LogP contribution in [0.4, 0.5) is 0 Å². The molecule has 0 unspecified atom stereocenters. The van der Waals surface area contributed by atoms with Crippen molar-refractivity contribution in [1.29, 1.82) is 0 Å². The Bertz CT molecular complexity index is 123. The summed E-state index contributed by atoms with van der Waals surface area (Å²) >= 11 is 0. The number of aliphatic carboxylic acids is 1. The maximum atomic E-state index is 10.3. The lowest BCUT2D eigenvalue weighted by Gasteiger charge is -2.22. The summed E-state index contributed by atoms with van der Waals surface area (Å²) in [5.41, 5.74) is 4.32. The standard InChI is InChI=1S/C6H13NO2.ClH/c1-4(2)6(3,7)5(8)9;/h4H,7H2,1-3H3,(H,8,9);1H/t6-;/m0./s1. The van der Waals surface area contributed by atoms with Gasteiger partial charge in [0.05, 0.1) is 0 Å². The van der Waals surface area contributed by atoms with Gasteiger partial charge in [0.1, 0.15) is 5.54 Å². The van der Waals surface area contributed by atoms with Gasteiger partial charge in [0, 0.05) is 0 Å². The molecule has 0 aliphatic carbocycles. The van der Waals surface area contributed by atoms with E-state index < -0.39 is 11.5 Å². The Labute approximate surface area is 67.0 Å². The molecule has 0 aromatic carbocycles. The minimum atomic E-state index is -1.08. The third kappa shape index (κ3) is 2.54. The fourth-order valence-electron chi connectivity index (χ4n) is 0.247. The van der Waals surface area contributed by atoms with Gasteiger partial charge in [-0.05, 0) is 12.8 Å². The van der Waals surface area contributed by atoms with E-state index in [9.17, 15) is 4.79 Å². The van der Waals surface area contributed by atoms with Gasteiger partial charge in [-0.3, -0.25) is 4.79 Å². The molecule has 0 rings (SSSR count). The molecule has 4 heteroatoms. The third-order valence-corrected chi connectivity index (χ3v) is 1.66. The number of carboxylic acid groups (broad SMARTS) is 1. The van der Waals surface area contributed by atoms with E-state index in [2.05, 4.69) is 0 Å². The molecule has 1 atom stereocenters. The van der Waals surface area contributed by atoms with Crippen LogP contribution < -0.4 is 5.73 Å². The highest BCUT2D eigenvalue weighted by molar-refractivity contribution is 5.85. The molecule has 0 fully saturated rings. The predicted octanol–water partition coefficient (Wildman–Crippen LogP) is 0.866. The van der Waals surface area contributed by atoms with Crippen LogP contribution in [-0.2, 0) is 4.79 Å². The number of carbonyl (C=O) groups is 1. The number of hydrogen-bond donors (Lipinski definition) is 2. The summed E-state index contributed by atoms with van der Waals surface area (Å²) in [7, 11) is 0. The van der Waals surface area contributed by atoms with Crippen molar-refractivity contribution in [2.45, 2.75) is 26.3 Å². The Morgan fingerprint density at radius 1 is 1.60 bits per heavy atom. The van der Waals surface area contributed by atoms with E-state index in [0.29, 0.717) is 0 Å². The molecule has 3 nitrogen and oxygen atoms in total. The number of carboxylic acids is 1. The fourth-order valence-corrected chi connectivity index (χ4v) is 0.247. The van der Waals surface area contributed by atoms with Crippen molar-refractivity contribution in [2.24, 2.45) is 11.7 Å². The Kier molecular flexibility index (Phi) is 4.69. The quantitative estimate of drug-likeness (QED) is 0.642. The minimum absolute atomic E-state index is 0. The van der Waals surface area contributed by atoms with Crippen molar-refractivity contribution in [3.63, 3.8) is 0 Å². The molecule has 0 amide bonds. The zero-order chi connectivity index (χ0) is 7.65. The number of nitrogens with two attached hydrogens (primary N) is 1. The highest BCUT2D eigenvalue weighted by atomic mass is 35.5. The van der Waals surface area contributed by atoms with Crippen molar-refractivity contribution in [3.05, 3.63) is 0 Å². The van der Waals surface area contributed by atoms with Gasteiger partial charge in [0.2, 0.25) is 0 Å². The third-order valence-electron chi connectivity index (χ3n) is 1.66. The van der Waals surface area contributed by atoms with Crippen molar-refractivity contribution in [2.75, 3.05) is 0 Å². The molecule has 0 aliphatic rings. The first-order chi connectivity index (χ1) is 3.89. The van der Waals surface area contributed by atoms with E-state index in [1.165, 1.54) is 6.92 Å². The Hall–Kier alpha value is -0.280. The highest BCUT2D eigenvalue weighted by Gasteiger charge is 2.31. The summed E-state index contributed by atoms with van der Waals surface area (Å²) in [4.78, 5) is 10.3. The van der Waals surface area contributed by atoms with Crippen molar-refractivity contribution >= 4 is 18.4 Å². The lowest BCUT2D eigenvalue weighted by Crippen LogP contribution is -2.49. The maximum Gasteiger partial charge on any atom is 0.323 e. The Morgan fingerprint density at radius 3 is 1.90 bits per heavy atom. The second kappa shape index (κ2) is 3.78. The van der Waals surface area contributed by atoms with E-state index in [1.807, 2.05) is 0 Å². The fraction of sp³-hybridized carbons (Fsp3) is 0.833. The van der Waals surface area contributed by atoms with E-state index in [0.717, 1.165) is 0 Å². The van der Waals surface area contributed by atoms with Gasteiger partial charge in [0.25, 0.3) is 0 Å². The summed E-state index contributed by atoms with van der Waals surface area (Å²) in [5, 5.41) is 8.49. The first kappa shape index (κ1) is 12.4. The molecular formula is C6H14ClNO2. The smallest absolute Gasteiger partial charge is 0.323 e. The van der Waals surface area contributed by atoms with E-state index >= 15 is 0 Å². The van der Waals surface area contributed by atoms with Crippen molar-refractivity contribution < 1.29 is 9.90 Å². The molecule has 0 aromatic rings. The van der Waals surface area contributed by atoms with Gasteiger partial charge >= 0.3 is 5.97 Å². The van der Waals surface area contributed by atoms with E-state index in [-0.39, 0.29) is 18.3 Å². The zero-order valence-corrected chi connectivity index (χ0v) is 7.23. The van der Waals surface area contributed by atoms with E-state index in [1.54, 1.807) is 13.8 Å². The van der Waals surface area contributed by atoms with Crippen molar-refractivity contribution in [3.8, 4) is 0 Å². The van der Waals surface area contributed by atoms with Crippen LogP contribution in [-0.4, -0.2) is 16.6 Å². The van der Waals surface area contributed by atoms with Gasteiger partial charge in [-0.2, -0.15) is 0 Å². The highest BCUT2D eigenvalue weighted by Crippen LogP contribution is 2.11. The SMILES string of the molecule is CC(C)[C@](C)(N)C(=O)O.Cl. The zero-order valence-electron chi connectivity index (χ0n) is 6.42. The largest absolute Gasteiger partial charge is 0.480 e. The lowest BCUT2D eigenvalue weighted by atomic mass is 9.90. The summed E-state index contributed by atoms with van der Waals surface area (Å²) in [6, 6.07) is 0. The van der Waals surface area contributed by atoms with Gasteiger partial charge in [-0.15, -0.1) is 12.4 Å². The minimum Gasteiger partial charge on any atom is -0.480 e. The number of hydrogen-bond acceptors (Lipinski definition) is 2.